The van der Waals surface area contributed by atoms with Crippen LogP contribution in [0.3, 0.4) is 0 Å². The summed E-state index contributed by atoms with van der Waals surface area (Å²) in [5.74, 6) is 0. The molecule has 2 aromatic heterocycles. The highest BCUT2D eigenvalue weighted by Gasteiger charge is 2.08. The van der Waals surface area contributed by atoms with Crippen LogP contribution < -0.4 is 10.6 Å². The lowest BCUT2D eigenvalue weighted by Crippen LogP contribution is -2.19. The number of aryl methyl sites for hydroxylation is 1. The molecule has 3 aromatic rings. The zero-order chi connectivity index (χ0) is 17.8. The molecule has 0 atom stereocenters. The highest BCUT2D eigenvalue weighted by atomic mass is 35.5. The summed E-state index contributed by atoms with van der Waals surface area (Å²) >= 11 is 11.3. The van der Waals surface area contributed by atoms with Gasteiger partial charge in [0.15, 0.2) is 5.11 Å². The molecule has 0 fully saturated rings. The smallest absolute Gasteiger partial charge is 0.175 e. The van der Waals surface area contributed by atoms with Crippen molar-refractivity contribution < 1.29 is 0 Å². The van der Waals surface area contributed by atoms with Crippen LogP contribution in [0.1, 0.15) is 18.2 Å². The van der Waals surface area contributed by atoms with Gasteiger partial charge >= 0.3 is 0 Å². The van der Waals surface area contributed by atoms with Gasteiger partial charge in [-0.25, -0.2) is 0 Å². The largest absolute Gasteiger partial charge is 0.330 e. The van der Waals surface area contributed by atoms with E-state index in [1.807, 2.05) is 46.7 Å². The molecule has 0 radical (unpaired) electrons. The van der Waals surface area contributed by atoms with Gasteiger partial charge in [-0.1, -0.05) is 23.7 Å². The molecule has 0 spiro atoms. The normalized spacial score (nSPS) is 10.7. The number of halogens is 1. The van der Waals surface area contributed by atoms with Crippen LogP contribution in [0.25, 0.3) is 0 Å². The second kappa shape index (κ2) is 7.67. The van der Waals surface area contributed by atoms with Crippen LogP contribution in [-0.4, -0.2) is 24.7 Å². The molecular formula is C17H19ClN6S. The summed E-state index contributed by atoms with van der Waals surface area (Å²) in [6.07, 6.45) is 5.42. The predicted octanol–water partition coefficient (Wildman–Crippen LogP) is 3.92. The van der Waals surface area contributed by atoms with Crippen molar-refractivity contribution in [3.8, 4) is 0 Å². The van der Waals surface area contributed by atoms with Crippen molar-refractivity contribution in [2.24, 2.45) is 0 Å². The molecule has 0 aliphatic heterocycles. The summed E-state index contributed by atoms with van der Waals surface area (Å²) < 4.78 is 3.75. The number of thiocarbonyl (C=S) groups is 1. The number of hydrogen-bond acceptors (Lipinski definition) is 3. The van der Waals surface area contributed by atoms with Crippen LogP contribution in [0.4, 0.5) is 11.4 Å². The Morgan fingerprint density at radius 3 is 2.60 bits per heavy atom. The minimum Gasteiger partial charge on any atom is -0.330 e. The molecule has 6 nitrogen and oxygen atoms in total. The number of benzene rings is 1. The van der Waals surface area contributed by atoms with E-state index in [-0.39, 0.29) is 0 Å². The molecule has 0 saturated carbocycles. The van der Waals surface area contributed by atoms with Crippen LogP contribution in [-0.2, 0) is 13.1 Å². The molecule has 0 unspecified atom stereocenters. The average molecular weight is 375 g/mol. The zero-order valence-corrected chi connectivity index (χ0v) is 15.6. The fraction of sp³-hybridized carbons (Fsp3) is 0.235. The third-order valence-electron chi connectivity index (χ3n) is 3.80. The van der Waals surface area contributed by atoms with Crippen molar-refractivity contribution in [3.05, 3.63) is 59.1 Å². The predicted molar refractivity (Wildman–Crippen MR) is 105 cm³/mol. The molecule has 25 heavy (non-hydrogen) atoms. The number of aromatic nitrogens is 4. The van der Waals surface area contributed by atoms with Crippen LogP contribution >= 0.6 is 23.8 Å². The maximum atomic E-state index is 5.90. The quantitative estimate of drug-likeness (QED) is 0.663. The molecule has 0 aliphatic carbocycles. The van der Waals surface area contributed by atoms with Crippen molar-refractivity contribution in [2.45, 2.75) is 26.9 Å². The standard InChI is InChI=1S/C17H19ClN6S/c1-3-24-12(2)16(9-20-24)22-17(25)21-15-8-19-23(11-15)10-13-4-6-14(18)7-5-13/h4-9,11H,3,10H2,1-2H3,(H2,21,22,25). The first-order valence-electron chi connectivity index (χ1n) is 7.92. The van der Waals surface area contributed by atoms with E-state index in [1.165, 1.54) is 0 Å². The Bertz CT molecular complexity index is 868. The van der Waals surface area contributed by atoms with E-state index < -0.39 is 0 Å². The summed E-state index contributed by atoms with van der Waals surface area (Å²) in [4.78, 5) is 0. The molecule has 3 rings (SSSR count). The van der Waals surface area contributed by atoms with Gasteiger partial charge in [0.25, 0.3) is 0 Å². The third kappa shape index (κ3) is 4.37. The molecule has 8 heteroatoms. The number of nitrogens with one attached hydrogen (secondary N) is 2. The summed E-state index contributed by atoms with van der Waals surface area (Å²) in [5.41, 5.74) is 3.90. The van der Waals surface area contributed by atoms with Gasteiger partial charge in [0, 0.05) is 17.8 Å². The summed E-state index contributed by atoms with van der Waals surface area (Å²) in [7, 11) is 0. The number of anilines is 2. The van der Waals surface area contributed by atoms with Crippen molar-refractivity contribution in [1.29, 1.82) is 0 Å². The van der Waals surface area contributed by atoms with E-state index in [9.17, 15) is 0 Å². The summed E-state index contributed by atoms with van der Waals surface area (Å²) in [6.45, 7) is 5.55. The number of nitrogens with zero attached hydrogens (tertiary/aromatic N) is 4. The SMILES string of the molecule is CCn1ncc(NC(=S)Nc2cnn(Cc3ccc(Cl)cc3)c2)c1C. The topological polar surface area (TPSA) is 59.7 Å². The monoisotopic (exact) mass is 374 g/mol. The van der Waals surface area contributed by atoms with Crippen LogP contribution in [0.2, 0.25) is 5.02 Å². The lowest BCUT2D eigenvalue weighted by molar-refractivity contribution is 0.640. The van der Waals surface area contributed by atoms with Crippen molar-refractivity contribution >= 4 is 40.3 Å². The van der Waals surface area contributed by atoms with Gasteiger partial charge in [0.05, 0.1) is 36.0 Å². The fourth-order valence-corrected chi connectivity index (χ4v) is 2.82. The molecule has 0 saturated heterocycles. The van der Waals surface area contributed by atoms with E-state index in [4.69, 9.17) is 23.8 Å². The van der Waals surface area contributed by atoms with E-state index in [0.717, 1.165) is 34.2 Å². The van der Waals surface area contributed by atoms with Gasteiger partial charge in [-0.2, -0.15) is 10.2 Å². The van der Waals surface area contributed by atoms with E-state index in [2.05, 4.69) is 27.8 Å². The maximum Gasteiger partial charge on any atom is 0.175 e. The van der Waals surface area contributed by atoms with Crippen molar-refractivity contribution in [2.75, 3.05) is 10.6 Å². The maximum absolute atomic E-state index is 5.90. The summed E-state index contributed by atoms with van der Waals surface area (Å²) in [5, 5.41) is 16.2. The average Bonchev–Trinajstić information content (AvgIpc) is 3.17. The zero-order valence-electron chi connectivity index (χ0n) is 14.0. The first-order valence-corrected chi connectivity index (χ1v) is 8.71. The Labute approximate surface area is 156 Å². The molecule has 0 amide bonds. The van der Waals surface area contributed by atoms with Gasteiger partial charge in [-0.3, -0.25) is 9.36 Å². The highest BCUT2D eigenvalue weighted by Crippen LogP contribution is 2.15. The molecule has 0 aliphatic rings. The Balaban J connectivity index is 1.59. The lowest BCUT2D eigenvalue weighted by Gasteiger charge is -2.08. The van der Waals surface area contributed by atoms with Gasteiger partial charge in [-0.15, -0.1) is 0 Å². The Hall–Kier alpha value is -2.38. The Kier molecular flexibility index (Phi) is 5.35. The first-order chi connectivity index (χ1) is 12.0. The molecular weight excluding hydrogens is 356 g/mol. The van der Waals surface area contributed by atoms with Crippen molar-refractivity contribution in [1.82, 2.24) is 19.6 Å². The molecule has 130 valence electrons. The van der Waals surface area contributed by atoms with E-state index >= 15 is 0 Å². The van der Waals surface area contributed by atoms with Gasteiger partial charge in [0.1, 0.15) is 0 Å². The second-order valence-corrected chi connectivity index (χ2v) is 6.44. The minimum absolute atomic E-state index is 0.504. The molecule has 2 N–H and O–H groups in total. The van der Waals surface area contributed by atoms with Gasteiger partial charge in [0.2, 0.25) is 0 Å². The van der Waals surface area contributed by atoms with E-state index in [1.54, 1.807) is 12.4 Å². The lowest BCUT2D eigenvalue weighted by atomic mass is 10.2. The van der Waals surface area contributed by atoms with E-state index in [0.29, 0.717) is 11.7 Å². The van der Waals surface area contributed by atoms with Gasteiger partial charge in [-0.05, 0) is 43.8 Å². The highest BCUT2D eigenvalue weighted by molar-refractivity contribution is 7.80. The first kappa shape index (κ1) is 17.4. The second-order valence-electron chi connectivity index (χ2n) is 5.59. The minimum atomic E-state index is 0.504. The van der Waals surface area contributed by atoms with Crippen LogP contribution in [0, 0.1) is 6.92 Å². The third-order valence-corrected chi connectivity index (χ3v) is 4.26. The molecule has 0 bridgehead atoms. The Morgan fingerprint density at radius 1 is 1.16 bits per heavy atom. The Morgan fingerprint density at radius 2 is 1.92 bits per heavy atom. The number of rotatable bonds is 5. The van der Waals surface area contributed by atoms with Gasteiger partial charge < -0.3 is 10.6 Å². The van der Waals surface area contributed by atoms with Crippen LogP contribution in [0.15, 0.2) is 42.9 Å². The molecule has 1 aromatic carbocycles. The fourth-order valence-electron chi connectivity index (χ4n) is 2.46. The van der Waals surface area contributed by atoms with Crippen LogP contribution in [0.5, 0.6) is 0 Å². The number of hydrogen-bond donors (Lipinski definition) is 2. The molecule has 2 heterocycles. The van der Waals surface area contributed by atoms with Crippen molar-refractivity contribution in [3.63, 3.8) is 0 Å². The summed E-state index contributed by atoms with van der Waals surface area (Å²) in [6, 6.07) is 7.71.